The Morgan fingerprint density at radius 2 is 1.97 bits per heavy atom. The second-order valence-electron chi connectivity index (χ2n) is 9.00. The van der Waals surface area contributed by atoms with Gasteiger partial charge in [-0.1, -0.05) is 37.2 Å². The van der Waals surface area contributed by atoms with Gasteiger partial charge in [-0.15, -0.1) is 23.3 Å². The minimum Gasteiger partial charge on any atom is -0.662 e. The van der Waals surface area contributed by atoms with Gasteiger partial charge in [0.05, 0.1) is 5.56 Å². The van der Waals surface area contributed by atoms with E-state index in [2.05, 4.69) is 27.4 Å². The summed E-state index contributed by atoms with van der Waals surface area (Å²) in [7, 11) is 1.87. The van der Waals surface area contributed by atoms with Gasteiger partial charge in [-0.3, -0.25) is 9.78 Å². The second kappa shape index (κ2) is 9.98. The number of amides is 1. The van der Waals surface area contributed by atoms with Gasteiger partial charge in [0.15, 0.2) is 11.0 Å². The van der Waals surface area contributed by atoms with E-state index in [9.17, 15) is 18.0 Å². The molecule has 186 valence electrons. The fourth-order valence-corrected chi connectivity index (χ4v) is 4.88. The predicted molar refractivity (Wildman–Crippen MR) is 128 cm³/mol. The van der Waals surface area contributed by atoms with Crippen molar-refractivity contribution in [2.75, 3.05) is 18.8 Å². The lowest BCUT2D eigenvalue weighted by Gasteiger charge is -2.25. The van der Waals surface area contributed by atoms with Crippen molar-refractivity contribution in [3.8, 4) is 11.4 Å². The number of hydrogen-bond acceptors (Lipinski definition) is 5. The average Bonchev–Trinajstić information content (AvgIpc) is 3.36. The highest BCUT2D eigenvalue weighted by Gasteiger charge is 2.47. The summed E-state index contributed by atoms with van der Waals surface area (Å²) in [5.74, 6) is 1.15. The molecule has 0 spiro atoms. The Bertz CT molecular complexity index is 1180. The Morgan fingerprint density at radius 3 is 2.60 bits per heavy atom. The molecule has 0 bridgehead atoms. The molecule has 2 aromatic heterocycles. The molecule has 0 radical (unpaired) electrons. The number of benzene rings is 1. The van der Waals surface area contributed by atoms with E-state index in [1.807, 2.05) is 11.6 Å². The Balaban J connectivity index is 1.19. The van der Waals surface area contributed by atoms with Gasteiger partial charge in [0.2, 0.25) is 0 Å². The molecule has 1 unspecified atom stereocenters. The number of halogens is 3. The summed E-state index contributed by atoms with van der Waals surface area (Å²) in [4.78, 5) is 15.2. The van der Waals surface area contributed by atoms with Crippen LogP contribution < -0.4 is 5.73 Å². The SMILES string of the molecule is Cn1c(SCCC[N-]CC2(C)C[C@H]2c2ccc(C(F)(F)F)cc2)nnc1-c1ccc(C(N)=O)nc1. The van der Waals surface area contributed by atoms with E-state index in [4.69, 9.17) is 5.73 Å². The first kappa shape index (κ1) is 25.2. The van der Waals surface area contributed by atoms with Crippen molar-refractivity contribution >= 4 is 17.7 Å². The highest BCUT2D eigenvalue weighted by atomic mass is 32.2. The van der Waals surface area contributed by atoms with E-state index in [-0.39, 0.29) is 17.0 Å². The average molecular weight is 504 g/mol. The molecule has 7 nitrogen and oxygen atoms in total. The minimum absolute atomic E-state index is 0.0173. The van der Waals surface area contributed by atoms with E-state index in [0.29, 0.717) is 18.9 Å². The molecule has 11 heteroatoms. The first-order valence-corrected chi connectivity index (χ1v) is 12.2. The molecule has 35 heavy (non-hydrogen) atoms. The molecular weight excluding hydrogens is 477 g/mol. The number of carbonyl (C=O) groups excluding carboxylic acids is 1. The van der Waals surface area contributed by atoms with E-state index >= 15 is 0 Å². The van der Waals surface area contributed by atoms with Crippen LogP contribution in [0.2, 0.25) is 0 Å². The number of thioether (sulfide) groups is 1. The number of nitrogens with two attached hydrogens (primary N) is 1. The van der Waals surface area contributed by atoms with E-state index < -0.39 is 17.6 Å². The quantitative estimate of drug-likeness (QED) is 0.308. The third-order valence-electron chi connectivity index (χ3n) is 6.27. The van der Waals surface area contributed by atoms with Crippen molar-refractivity contribution in [1.82, 2.24) is 19.7 Å². The molecule has 1 aliphatic carbocycles. The lowest BCUT2D eigenvalue weighted by atomic mass is 10.00. The molecule has 4 rings (SSSR count). The van der Waals surface area contributed by atoms with Crippen LogP contribution in [0.1, 0.15) is 47.3 Å². The Hall–Kier alpha value is -2.92. The summed E-state index contributed by atoms with van der Waals surface area (Å²) >= 11 is 1.59. The van der Waals surface area contributed by atoms with Crippen LogP contribution in [0.3, 0.4) is 0 Å². The molecule has 1 fully saturated rings. The second-order valence-corrected chi connectivity index (χ2v) is 10.1. The van der Waals surface area contributed by atoms with E-state index in [1.165, 1.54) is 0 Å². The van der Waals surface area contributed by atoms with Gasteiger partial charge in [-0.05, 0) is 53.3 Å². The van der Waals surface area contributed by atoms with Crippen molar-refractivity contribution in [2.24, 2.45) is 18.2 Å². The summed E-state index contributed by atoms with van der Waals surface area (Å²) in [5, 5.41) is 13.9. The van der Waals surface area contributed by atoms with Crippen LogP contribution in [0, 0.1) is 5.41 Å². The van der Waals surface area contributed by atoms with Crippen LogP contribution in [-0.2, 0) is 13.2 Å². The van der Waals surface area contributed by atoms with Gasteiger partial charge in [-0.2, -0.15) is 13.2 Å². The number of hydrogen-bond donors (Lipinski definition) is 1. The number of primary amides is 1. The fraction of sp³-hybridized carbons (Fsp3) is 0.417. The zero-order valence-electron chi connectivity index (χ0n) is 19.4. The van der Waals surface area contributed by atoms with Gasteiger partial charge in [0, 0.05) is 18.8 Å². The minimum atomic E-state index is -4.31. The van der Waals surface area contributed by atoms with Gasteiger partial charge in [0.25, 0.3) is 5.91 Å². The van der Waals surface area contributed by atoms with Crippen molar-refractivity contribution in [3.63, 3.8) is 0 Å². The third-order valence-corrected chi connectivity index (χ3v) is 7.37. The third kappa shape index (κ3) is 5.84. The van der Waals surface area contributed by atoms with Crippen LogP contribution in [-0.4, -0.2) is 44.5 Å². The number of pyridine rings is 1. The molecule has 0 saturated heterocycles. The number of aromatic nitrogens is 4. The topological polar surface area (TPSA) is 101 Å². The Labute approximate surface area is 205 Å². The summed E-state index contributed by atoms with van der Waals surface area (Å²) < 4.78 is 40.2. The van der Waals surface area contributed by atoms with Gasteiger partial charge >= 0.3 is 6.18 Å². The van der Waals surface area contributed by atoms with Crippen molar-refractivity contribution in [3.05, 3.63) is 64.7 Å². The summed E-state index contributed by atoms with van der Waals surface area (Å²) in [5.41, 5.74) is 6.51. The summed E-state index contributed by atoms with van der Waals surface area (Å²) in [6.45, 7) is 3.55. The predicted octanol–water partition coefficient (Wildman–Crippen LogP) is 5.04. The molecule has 1 amide bonds. The molecule has 2 heterocycles. The molecule has 2 atom stereocenters. The van der Waals surface area contributed by atoms with Crippen LogP contribution >= 0.6 is 11.8 Å². The van der Waals surface area contributed by atoms with Gasteiger partial charge in [-0.25, -0.2) is 0 Å². The Morgan fingerprint density at radius 1 is 1.23 bits per heavy atom. The van der Waals surface area contributed by atoms with Crippen molar-refractivity contribution in [1.29, 1.82) is 0 Å². The molecule has 1 saturated carbocycles. The van der Waals surface area contributed by atoms with Gasteiger partial charge < -0.3 is 15.6 Å². The van der Waals surface area contributed by atoms with Crippen LogP contribution in [0.25, 0.3) is 16.7 Å². The zero-order valence-corrected chi connectivity index (χ0v) is 20.2. The molecule has 2 N–H and O–H groups in total. The molecule has 1 aliphatic rings. The number of nitrogens with zero attached hydrogens (tertiary/aromatic N) is 5. The first-order valence-electron chi connectivity index (χ1n) is 11.2. The highest BCUT2D eigenvalue weighted by Crippen LogP contribution is 2.59. The van der Waals surface area contributed by atoms with Crippen LogP contribution in [0.15, 0.2) is 47.8 Å². The monoisotopic (exact) mass is 503 g/mol. The van der Waals surface area contributed by atoms with E-state index in [1.54, 1.807) is 42.2 Å². The Kier molecular flexibility index (Phi) is 7.18. The van der Waals surface area contributed by atoms with Crippen molar-refractivity contribution in [2.45, 2.75) is 37.0 Å². The number of alkyl halides is 3. The lowest BCUT2D eigenvalue weighted by molar-refractivity contribution is -0.137. The molecule has 1 aromatic carbocycles. The van der Waals surface area contributed by atoms with Crippen LogP contribution in [0.5, 0.6) is 0 Å². The largest absolute Gasteiger partial charge is 0.662 e. The summed E-state index contributed by atoms with van der Waals surface area (Å²) in [6, 6.07) is 8.79. The lowest BCUT2D eigenvalue weighted by Crippen LogP contribution is -2.12. The zero-order chi connectivity index (χ0) is 25.2. The summed E-state index contributed by atoms with van der Waals surface area (Å²) in [6.07, 6.45) is -0.940. The van der Waals surface area contributed by atoms with Crippen LogP contribution in [0.4, 0.5) is 13.2 Å². The normalized spacial score (nSPS) is 19.6. The standard InChI is InChI=1S/C24H26F3N6OS/c1-23(12-18(23)15-4-7-17(8-5-15)24(25,26)27)14-29-10-3-11-35-22-32-31-21(33(22)2)16-6-9-19(20(28)34)30-13-16/h4-9,13,18H,3,10-12,14H2,1-2H3,(H2,28,34)/q-1/t18-,23?/m0/s1. The smallest absolute Gasteiger partial charge is 0.416 e. The number of rotatable bonds is 10. The number of carbonyl (C=O) groups is 1. The molecular formula is C24H26F3N6OS-. The highest BCUT2D eigenvalue weighted by molar-refractivity contribution is 7.99. The van der Waals surface area contributed by atoms with Gasteiger partial charge in [0.1, 0.15) is 5.69 Å². The maximum absolute atomic E-state index is 12.8. The van der Waals surface area contributed by atoms with E-state index in [0.717, 1.165) is 47.0 Å². The maximum atomic E-state index is 12.8. The van der Waals surface area contributed by atoms with Crippen molar-refractivity contribution < 1.29 is 18.0 Å². The molecule has 3 aromatic rings. The fourth-order valence-electron chi connectivity index (χ4n) is 4.04. The molecule has 0 aliphatic heterocycles. The maximum Gasteiger partial charge on any atom is 0.416 e. The first-order chi connectivity index (χ1) is 16.6.